The lowest BCUT2D eigenvalue weighted by Crippen LogP contribution is -2.31. The molecule has 0 aliphatic heterocycles. The van der Waals surface area contributed by atoms with Gasteiger partial charge in [-0.2, -0.15) is 0 Å². The second-order valence-corrected chi connectivity index (χ2v) is 3.54. The molecule has 0 radical (unpaired) electrons. The van der Waals surface area contributed by atoms with Gasteiger partial charge in [-0.3, -0.25) is 4.99 Å². The minimum atomic E-state index is -0.326. The first-order chi connectivity index (χ1) is 6.67. The van der Waals surface area contributed by atoms with Gasteiger partial charge in [0.05, 0.1) is 0 Å². The smallest absolute Gasteiger partial charge is 0.142 e. The molecule has 0 aromatic heterocycles. The van der Waals surface area contributed by atoms with Crippen LogP contribution in [0.1, 0.15) is 12.5 Å². The molecule has 3 N–H and O–H groups in total. The minimum Gasteiger partial charge on any atom is -0.308 e. The summed E-state index contributed by atoms with van der Waals surface area (Å²) in [4.78, 5) is 4.09. The molecule has 0 amide bonds. The van der Waals surface area contributed by atoms with E-state index in [0.29, 0.717) is 22.4 Å². The normalized spacial score (nSPS) is 11.6. The molecule has 1 aromatic carbocycles. The van der Waals surface area contributed by atoms with Gasteiger partial charge < -0.3 is 5.43 Å². The van der Waals surface area contributed by atoms with E-state index in [1.165, 1.54) is 12.1 Å². The third-order valence-corrected chi connectivity index (χ3v) is 2.05. The predicted octanol–water partition coefficient (Wildman–Crippen LogP) is 1.82. The molecule has 0 saturated heterocycles. The van der Waals surface area contributed by atoms with E-state index < -0.39 is 0 Å². The monoisotopic (exact) mass is 259 g/mol. The van der Waals surface area contributed by atoms with Gasteiger partial charge in [0.15, 0.2) is 0 Å². The van der Waals surface area contributed by atoms with Crippen molar-refractivity contribution in [2.45, 2.75) is 6.92 Å². The number of nitrogens with zero attached hydrogens (tertiary/aromatic N) is 1. The fourth-order valence-electron chi connectivity index (χ4n) is 1.07. The first-order valence-electron chi connectivity index (χ1n) is 4.15. The lowest BCUT2D eigenvalue weighted by molar-refractivity contribution is 0.626. The molecule has 0 heterocycles. The maximum atomic E-state index is 13.0. The van der Waals surface area contributed by atoms with Crippen LogP contribution in [0.2, 0.25) is 0 Å². The maximum absolute atomic E-state index is 13.0. The van der Waals surface area contributed by atoms with Gasteiger partial charge in [0.25, 0.3) is 0 Å². The number of rotatable bonds is 2. The third-order valence-electron chi connectivity index (χ3n) is 1.59. The molecule has 0 atom stereocenters. The van der Waals surface area contributed by atoms with E-state index in [4.69, 9.17) is 5.84 Å². The second kappa shape index (κ2) is 5.07. The molecule has 5 heteroatoms. The molecule has 76 valence electrons. The summed E-state index contributed by atoms with van der Waals surface area (Å²) in [6, 6.07) is 4.50. The van der Waals surface area contributed by atoms with Crippen LogP contribution < -0.4 is 11.3 Å². The van der Waals surface area contributed by atoms with Crippen molar-refractivity contribution in [3.63, 3.8) is 0 Å². The lowest BCUT2D eigenvalue weighted by atomic mass is 10.2. The number of hydrazine groups is 1. The molecule has 14 heavy (non-hydrogen) atoms. The van der Waals surface area contributed by atoms with Crippen molar-refractivity contribution in [2.24, 2.45) is 10.8 Å². The number of hydrogen-bond acceptors (Lipinski definition) is 2. The molecule has 0 aliphatic carbocycles. The lowest BCUT2D eigenvalue weighted by Gasteiger charge is -2.05. The van der Waals surface area contributed by atoms with Crippen LogP contribution in [0.5, 0.6) is 0 Å². The van der Waals surface area contributed by atoms with Crippen LogP contribution in [0, 0.1) is 5.82 Å². The van der Waals surface area contributed by atoms with E-state index >= 15 is 0 Å². The fraction of sp³-hybridized carbons (Fsp3) is 0.222. The predicted molar refractivity (Wildman–Crippen MR) is 58.5 cm³/mol. The van der Waals surface area contributed by atoms with Gasteiger partial charge in [-0.15, -0.1) is 0 Å². The maximum Gasteiger partial charge on any atom is 0.142 e. The van der Waals surface area contributed by atoms with Crippen molar-refractivity contribution in [3.05, 3.63) is 34.1 Å². The van der Waals surface area contributed by atoms with Crippen molar-refractivity contribution in [3.8, 4) is 0 Å². The van der Waals surface area contributed by atoms with Crippen molar-refractivity contribution >= 4 is 21.8 Å². The Morgan fingerprint density at radius 3 is 2.79 bits per heavy atom. The van der Waals surface area contributed by atoms with Crippen molar-refractivity contribution in [1.82, 2.24) is 5.43 Å². The number of hydrogen-bond donors (Lipinski definition) is 2. The van der Waals surface area contributed by atoms with Crippen molar-refractivity contribution in [1.29, 1.82) is 0 Å². The summed E-state index contributed by atoms with van der Waals surface area (Å²) in [5.41, 5.74) is 3.06. The Hall–Kier alpha value is -0.940. The molecule has 0 spiro atoms. The first kappa shape index (κ1) is 11.1. The number of aliphatic imine (C=N–C) groups is 1. The number of nitrogens with one attached hydrogen (secondary N) is 1. The Bertz CT molecular complexity index is 332. The summed E-state index contributed by atoms with van der Waals surface area (Å²) in [6.07, 6.45) is 0. The molecule has 1 rings (SSSR count). The number of nitrogens with two attached hydrogens (primary N) is 1. The number of benzene rings is 1. The number of amidine groups is 1. The van der Waals surface area contributed by atoms with E-state index in [9.17, 15) is 4.39 Å². The van der Waals surface area contributed by atoms with E-state index in [-0.39, 0.29) is 5.82 Å². The number of halogens is 2. The van der Waals surface area contributed by atoms with Gasteiger partial charge in [-0.05, 0) is 25.1 Å². The highest BCUT2D eigenvalue weighted by molar-refractivity contribution is 9.10. The van der Waals surface area contributed by atoms with Gasteiger partial charge in [-0.1, -0.05) is 15.9 Å². The Morgan fingerprint density at radius 2 is 2.29 bits per heavy atom. The average molecular weight is 260 g/mol. The molecule has 0 aliphatic rings. The van der Waals surface area contributed by atoms with Crippen molar-refractivity contribution in [2.75, 3.05) is 6.54 Å². The SMILES string of the molecule is CCN=C(NN)c1cc(F)cc(Br)c1. The molecule has 1 aromatic rings. The Kier molecular flexibility index (Phi) is 4.03. The van der Waals surface area contributed by atoms with E-state index in [1.807, 2.05) is 6.92 Å². The van der Waals surface area contributed by atoms with Crippen LogP contribution in [0.25, 0.3) is 0 Å². The summed E-state index contributed by atoms with van der Waals surface area (Å²) < 4.78 is 13.7. The summed E-state index contributed by atoms with van der Waals surface area (Å²) in [5, 5.41) is 0. The van der Waals surface area contributed by atoms with E-state index in [0.717, 1.165) is 0 Å². The summed E-state index contributed by atoms with van der Waals surface area (Å²) in [5.74, 6) is 5.43. The van der Waals surface area contributed by atoms with Gasteiger partial charge in [0.2, 0.25) is 0 Å². The van der Waals surface area contributed by atoms with Crippen LogP contribution in [0.3, 0.4) is 0 Å². The quantitative estimate of drug-likeness (QED) is 0.369. The summed E-state index contributed by atoms with van der Waals surface area (Å²) in [6.45, 7) is 2.47. The Labute approximate surface area is 90.3 Å². The molecule has 0 bridgehead atoms. The minimum absolute atomic E-state index is 0.326. The molecule has 0 fully saturated rings. The highest BCUT2D eigenvalue weighted by Gasteiger charge is 2.04. The highest BCUT2D eigenvalue weighted by Crippen LogP contribution is 2.14. The molecular formula is C9H11BrFN3. The van der Waals surface area contributed by atoms with Crippen LogP contribution in [-0.2, 0) is 0 Å². The van der Waals surface area contributed by atoms with Crippen LogP contribution in [-0.4, -0.2) is 12.4 Å². The Balaban J connectivity index is 3.10. The topological polar surface area (TPSA) is 50.4 Å². The van der Waals surface area contributed by atoms with E-state index in [1.54, 1.807) is 6.07 Å². The molecular weight excluding hydrogens is 249 g/mol. The highest BCUT2D eigenvalue weighted by atomic mass is 79.9. The largest absolute Gasteiger partial charge is 0.308 e. The molecule has 3 nitrogen and oxygen atoms in total. The fourth-order valence-corrected chi connectivity index (χ4v) is 1.53. The van der Waals surface area contributed by atoms with Crippen LogP contribution in [0.15, 0.2) is 27.7 Å². The standard InChI is InChI=1S/C9H11BrFN3/c1-2-13-9(14-12)6-3-7(10)5-8(11)4-6/h3-5H,2,12H2,1H3,(H,13,14). The van der Waals surface area contributed by atoms with Gasteiger partial charge in [0, 0.05) is 16.6 Å². The van der Waals surface area contributed by atoms with Crippen LogP contribution in [0.4, 0.5) is 4.39 Å². The third kappa shape index (κ3) is 2.78. The van der Waals surface area contributed by atoms with Gasteiger partial charge in [-0.25, -0.2) is 10.2 Å². The van der Waals surface area contributed by atoms with Gasteiger partial charge in [0.1, 0.15) is 11.7 Å². The zero-order chi connectivity index (χ0) is 10.6. The zero-order valence-corrected chi connectivity index (χ0v) is 9.31. The second-order valence-electron chi connectivity index (χ2n) is 2.63. The zero-order valence-electron chi connectivity index (χ0n) is 7.72. The van der Waals surface area contributed by atoms with Crippen molar-refractivity contribution < 1.29 is 4.39 Å². The van der Waals surface area contributed by atoms with Crippen LogP contribution >= 0.6 is 15.9 Å². The molecule has 0 saturated carbocycles. The van der Waals surface area contributed by atoms with E-state index in [2.05, 4.69) is 26.3 Å². The molecule has 0 unspecified atom stereocenters. The Morgan fingerprint density at radius 1 is 1.57 bits per heavy atom. The summed E-state index contributed by atoms with van der Waals surface area (Å²) in [7, 11) is 0. The van der Waals surface area contributed by atoms with Gasteiger partial charge >= 0.3 is 0 Å². The summed E-state index contributed by atoms with van der Waals surface area (Å²) >= 11 is 3.20. The first-order valence-corrected chi connectivity index (χ1v) is 4.94. The average Bonchev–Trinajstić information content (AvgIpc) is 2.12.